The highest BCUT2D eigenvalue weighted by molar-refractivity contribution is 6.32. The Balaban J connectivity index is 2.04. The second kappa shape index (κ2) is 5.52. The Labute approximate surface area is 109 Å². The van der Waals surface area contributed by atoms with Crippen molar-refractivity contribution in [3.8, 4) is 11.8 Å². The molecule has 0 fully saturated rings. The van der Waals surface area contributed by atoms with Crippen LogP contribution in [0.25, 0.3) is 0 Å². The van der Waals surface area contributed by atoms with Crippen LogP contribution in [0.15, 0.2) is 22.6 Å². The SMILES string of the molecule is CCc1nnc(COc2ccc(C#N)cc2Cl)o1. The standard InChI is InChI=1S/C12H10ClN3O2/c1-2-11-15-16-12(18-11)7-17-10-4-3-8(6-14)5-9(10)13/h3-5H,2,7H2,1H3. The van der Waals surface area contributed by atoms with E-state index >= 15 is 0 Å². The molecule has 0 aliphatic carbocycles. The number of nitrogens with zero attached hydrogens (tertiary/aromatic N) is 3. The third kappa shape index (κ3) is 2.79. The van der Waals surface area contributed by atoms with Crippen LogP contribution in [0.1, 0.15) is 24.3 Å². The van der Waals surface area contributed by atoms with Crippen molar-refractivity contribution in [2.45, 2.75) is 20.0 Å². The predicted octanol–water partition coefficient (Wildman–Crippen LogP) is 2.74. The van der Waals surface area contributed by atoms with E-state index in [9.17, 15) is 0 Å². The second-order valence-corrected chi connectivity index (χ2v) is 3.90. The molecule has 1 aromatic heterocycles. The molecule has 0 N–H and O–H groups in total. The smallest absolute Gasteiger partial charge is 0.253 e. The predicted molar refractivity (Wildman–Crippen MR) is 64.2 cm³/mol. The molecular weight excluding hydrogens is 254 g/mol. The fourth-order valence-corrected chi connectivity index (χ4v) is 1.55. The normalized spacial score (nSPS) is 10.1. The topological polar surface area (TPSA) is 71.9 Å². The lowest BCUT2D eigenvalue weighted by atomic mass is 10.2. The summed E-state index contributed by atoms with van der Waals surface area (Å²) >= 11 is 5.96. The van der Waals surface area contributed by atoms with E-state index < -0.39 is 0 Å². The quantitative estimate of drug-likeness (QED) is 0.848. The largest absolute Gasteiger partial charge is 0.482 e. The van der Waals surface area contributed by atoms with Gasteiger partial charge in [0.15, 0.2) is 6.61 Å². The summed E-state index contributed by atoms with van der Waals surface area (Å²) < 4.78 is 10.7. The fourth-order valence-electron chi connectivity index (χ4n) is 1.32. The summed E-state index contributed by atoms with van der Waals surface area (Å²) in [5, 5.41) is 16.7. The molecule has 0 unspecified atom stereocenters. The van der Waals surface area contributed by atoms with E-state index in [1.54, 1.807) is 18.2 Å². The van der Waals surface area contributed by atoms with Gasteiger partial charge in [-0.1, -0.05) is 18.5 Å². The minimum Gasteiger partial charge on any atom is -0.482 e. The first-order chi connectivity index (χ1) is 8.72. The highest BCUT2D eigenvalue weighted by atomic mass is 35.5. The van der Waals surface area contributed by atoms with Gasteiger partial charge in [0.25, 0.3) is 5.89 Å². The lowest BCUT2D eigenvalue weighted by Gasteiger charge is -2.05. The van der Waals surface area contributed by atoms with Crippen LogP contribution in [0.3, 0.4) is 0 Å². The van der Waals surface area contributed by atoms with Gasteiger partial charge in [0.2, 0.25) is 5.89 Å². The third-order valence-electron chi connectivity index (χ3n) is 2.22. The molecule has 0 amide bonds. The van der Waals surface area contributed by atoms with Gasteiger partial charge >= 0.3 is 0 Å². The van der Waals surface area contributed by atoms with Crippen LogP contribution in [0, 0.1) is 11.3 Å². The van der Waals surface area contributed by atoms with Gasteiger partial charge in [-0.25, -0.2) is 0 Å². The van der Waals surface area contributed by atoms with E-state index in [1.807, 2.05) is 13.0 Å². The lowest BCUT2D eigenvalue weighted by molar-refractivity contribution is 0.259. The van der Waals surface area contributed by atoms with Crippen molar-refractivity contribution in [3.05, 3.63) is 40.6 Å². The van der Waals surface area contributed by atoms with Crippen molar-refractivity contribution in [3.63, 3.8) is 0 Å². The average molecular weight is 264 g/mol. The Morgan fingerprint density at radius 3 is 2.78 bits per heavy atom. The number of nitriles is 1. The molecule has 0 atom stereocenters. The molecule has 0 saturated heterocycles. The van der Waals surface area contributed by atoms with Gasteiger partial charge in [0.05, 0.1) is 16.7 Å². The molecule has 2 rings (SSSR count). The molecule has 0 bridgehead atoms. The molecule has 0 spiro atoms. The molecule has 92 valence electrons. The number of hydrogen-bond acceptors (Lipinski definition) is 5. The summed E-state index contributed by atoms with van der Waals surface area (Å²) in [7, 11) is 0. The summed E-state index contributed by atoms with van der Waals surface area (Å²) in [5.41, 5.74) is 0.485. The van der Waals surface area contributed by atoms with Crippen molar-refractivity contribution < 1.29 is 9.15 Å². The van der Waals surface area contributed by atoms with Crippen molar-refractivity contribution in [2.75, 3.05) is 0 Å². The minimum atomic E-state index is 0.151. The first kappa shape index (κ1) is 12.4. The van der Waals surface area contributed by atoms with Crippen LogP contribution >= 0.6 is 11.6 Å². The van der Waals surface area contributed by atoms with Crippen LogP contribution < -0.4 is 4.74 Å². The molecule has 1 heterocycles. The molecule has 0 aliphatic rings. The zero-order valence-corrected chi connectivity index (χ0v) is 10.4. The third-order valence-corrected chi connectivity index (χ3v) is 2.52. The summed E-state index contributed by atoms with van der Waals surface area (Å²) in [6, 6.07) is 6.81. The monoisotopic (exact) mass is 263 g/mol. The first-order valence-corrected chi connectivity index (χ1v) is 5.74. The van der Waals surface area contributed by atoms with E-state index in [1.165, 1.54) is 0 Å². The number of ether oxygens (including phenoxy) is 1. The summed E-state index contributed by atoms with van der Waals surface area (Å²) in [5.74, 6) is 1.44. The van der Waals surface area contributed by atoms with E-state index in [0.717, 1.165) is 0 Å². The molecule has 18 heavy (non-hydrogen) atoms. The highest BCUT2D eigenvalue weighted by Gasteiger charge is 2.07. The Morgan fingerprint density at radius 1 is 1.39 bits per heavy atom. The van der Waals surface area contributed by atoms with E-state index in [4.69, 9.17) is 26.0 Å². The van der Waals surface area contributed by atoms with Crippen LogP contribution in [-0.2, 0) is 13.0 Å². The molecule has 0 saturated carbocycles. The minimum absolute atomic E-state index is 0.151. The maximum atomic E-state index is 8.71. The van der Waals surface area contributed by atoms with Gasteiger partial charge < -0.3 is 9.15 Å². The zero-order valence-electron chi connectivity index (χ0n) is 9.68. The molecule has 0 aliphatic heterocycles. The lowest BCUT2D eigenvalue weighted by Crippen LogP contribution is -1.96. The number of halogens is 1. The van der Waals surface area contributed by atoms with Crippen molar-refractivity contribution in [2.24, 2.45) is 0 Å². The summed E-state index contributed by atoms with van der Waals surface area (Å²) in [6.45, 7) is 2.08. The zero-order chi connectivity index (χ0) is 13.0. The molecule has 6 heteroatoms. The van der Waals surface area contributed by atoms with E-state index in [-0.39, 0.29) is 6.61 Å². The molecule has 2 aromatic rings. The second-order valence-electron chi connectivity index (χ2n) is 3.49. The van der Waals surface area contributed by atoms with Gasteiger partial charge in [0.1, 0.15) is 5.75 Å². The Kier molecular flexibility index (Phi) is 3.80. The van der Waals surface area contributed by atoms with Crippen LogP contribution in [0.4, 0.5) is 0 Å². The molecular formula is C12H10ClN3O2. The van der Waals surface area contributed by atoms with Gasteiger partial charge in [0, 0.05) is 6.42 Å². The van der Waals surface area contributed by atoms with Crippen molar-refractivity contribution in [1.82, 2.24) is 10.2 Å². The van der Waals surface area contributed by atoms with Gasteiger partial charge in [-0.3, -0.25) is 0 Å². The number of benzene rings is 1. The highest BCUT2D eigenvalue weighted by Crippen LogP contribution is 2.25. The maximum Gasteiger partial charge on any atom is 0.253 e. The number of aryl methyl sites for hydroxylation is 1. The first-order valence-electron chi connectivity index (χ1n) is 5.36. The summed E-state index contributed by atoms with van der Waals surface area (Å²) in [4.78, 5) is 0. The van der Waals surface area contributed by atoms with Gasteiger partial charge in [-0.05, 0) is 18.2 Å². The Bertz CT molecular complexity index is 589. The van der Waals surface area contributed by atoms with Crippen LogP contribution in [0.5, 0.6) is 5.75 Å². The molecule has 1 aromatic carbocycles. The number of hydrogen-bond donors (Lipinski definition) is 0. The molecule has 0 radical (unpaired) electrons. The summed E-state index contributed by atoms with van der Waals surface area (Å²) in [6.07, 6.45) is 0.685. The molecule has 5 nitrogen and oxygen atoms in total. The van der Waals surface area contributed by atoms with Crippen molar-refractivity contribution in [1.29, 1.82) is 5.26 Å². The van der Waals surface area contributed by atoms with Gasteiger partial charge in [-0.2, -0.15) is 5.26 Å². The Hall–Kier alpha value is -2.06. The Morgan fingerprint density at radius 2 is 2.17 bits per heavy atom. The van der Waals surface area contributed by atoms with E-state index in [0.29, 0.717) is 34.5 Å². The average Bonchev–Trinajstić information content (AvgIpc) is 2.85. The van der Waals surface area contributed by atoms with E-state index in [2.05, 4.69) is 10.2 Å². The number of aromatic nitrogens is 2. The van der Waals surface area contributed by atoms with Gasteiger partial charge in [-0.15, -0.1) is 10.2 Å². The fraction of sp³-hybridized carbons (Fsp3) is 0.250. The van der Waals surface area contributed by atoms with Crippen molar-refractivity contribution >= 4 is 11.6 Å². The maximum absolute atomic E-state index is 8.71. The number of rotatable bonds is 4. The van der Waals surface area contributed by atoms with Crippen LogP contribution in [-0.4, -0.2) is 10.2 Å². The van der Waals surface area contributed by atoms with Crippen LogP contribution in [0.2, 0.25) is 5.02 Å².